The number of hydrogen-bond acceptors (Lipinski definition) is 4. The van der Waals surface area contributed by atoms with E-state index in [1.807, 2.05) is 47.5 Å². The molecule has 3 N–H and O–H groups in total. The number of H-pyrrole nitrogens is 1. The van der Waals surface area contributed by atoms with Gasteiger partial charge in [0, 0.05) is 55.9 Å². The largest absolute Gasteiger partial charge is 0.361 e. The lowest BCUT2D eigenvalue weighted by Crippen LogP contribution is -2.56. The van der Waals surface area contributed by atoms with Gasteiger partial charge in [-0.25, -0.2) is 4.79 Å². The van der Waals surface area contributed by atoms with E-state index in [1.165, 1.54) is 0 Å². The molecular formula is C25H30N6O3. The molecule has 0 unspecified atom stereocenters. The van der Waals surface area contributed by atoms with Gasteiger partial charge >= 0.3 is 6.03 Å². The number of amides is 4. The van der Waals surface area contributed by atoms with Crippen molar-refractivity contribution in [2.75, 3.05) is 26.2 Å². The quantitative estimate of drug-likeness (QED) is 0.499. The van der Waals surface area contributed by atoms with Gasteiger partial charge in [0.1, 0.15) is 6.04 Å². The summed E-state index contributed by atoms with van der Waals surface area (Å²) in [5.74, 6) is -0.183. The Kier molecular flexibility index (Phi) is 7.41. The fraction of sp³-hybridized carbons (Fsp3) is 0.360. The van der Waals surface area contributed by atoms with E-state index >= 15 is 0 Å². The highest BCUT2D eigenvalue weighted by Crippen LogP contribution is 2.19. The van der Waals surface area contributed by atoms with Crippen molar-refractivity contribution in [1.82, 2.24) is 30.4 Å². The minimum atomic E-state index is -0.674. The molecule has 0 radical (unpaired) electrons. The average Bonchev–Trinajstić information content (AvgIpc) is 3.29. The van der Waals surface area contributed by atoms with E-state index in [1.54, 1.807) is 18.0 Å². The van der Waals surface area contributed by atoms with Crippen LogP contribution >= 0.6 is 0 Å². The van der Waals surface area contributed by atoms with Gasteiger partial charge in [0.05, 0.1) is 12.2 Å². The van der Waals surface area contributed by atoms with Crippen LogP contribution in [-0.4, -0.2) is 69.8 Å². The van der Waals surface area contributed by atoms with Crippen LogP contribution in [0.15, 0.2) is 54.9 Å². The summed E-state index contributed by atoms with van der Waals surface area (Å²) in [4.78, 5) is 48.4. The van der Waals surface area contributed by atoms with Crippen molar-refractivity contribution in [2.24, 2.45) is 0 Å². The number of benzene rings is 1. The molecule has 4 amide bonds. The van der Waals surface area contributed by atoms with E-state index in [-0.39, 0.29) is 17.8 Å². The number of carbonyl (C=O) groups excluding carboxylic acids is 3. The number of hydrogen-bond donors (Lipinski definition) is 3. The van der Waals surface area contributed by atoms with E-state index in [4.69, 9.17) is 0 Å². The third-order valence-electron chi connectivity index (χ3n) is 6.11. The minimum absolute atomic E-state index is 0.0904. The molecule has 1 aliphatic heterocycles. The van der Waals surface area contributed by atoms with Gasteiger partial charge in [-0.2, -0.15) is 0 Å². The van der Waals surface area contributed by atoms with Gasteiger partial charge in [-0.3, -0.25) is 14.6 Å². The number of rotatable bonds is 7. The predicted molar refractivity (Wildman–Crippen MR) is 129 cm³/mol. The molecule has 4 rings (SSSR count). The lowest BCUT2D eigenvalue weighted by atomic mass is 10.1. The molecule has 3 aromatic rings. The van der Waals surface area contributed by atoms with Crippen LogP contribution in [0.25, 0.3) is 10.9 Å². The van der Waals surface area contributed by atoms with Crippen LogP contribution < -0.4 is 10.6 Å². The number of piperazine rings is 1. The second kappa shape index (κ2) is 10.8. The van der Waals surface area contributed by atoms with Crippen molar-refractivity contribution < 1.29 is 14.4 Å². The molecule has 178 valence electrons. The van der Waals surface area contributed by atoms with Gasteiger partial charge in [0.25, 0.3) is 0 Å². The minimum Gasteiger partial charge on any atom is -0.361 e. The Morgan fingerprint density at radius 2 is 1.76 bits per heavy atom. The van der Waals surface area contributed by atoms with Crippen molar-refractivity contribution in [1.29, 1.82) is 0 Å². The van der Waals surface area contributed by atoms with Crippen LogP contribution in [0.4, 0.5) is 4.79 Å². The van der Waals surface area contributed by atoms with Gasteiger partial charge in [-0.15, -0.1) is 0 Å². The molecule has 2 aromatic heterocycles. The zero-order valence-electron chi connectivity index (χ0n) is 19.3. The molecule has 1 fully saturated rings. The van der Waals surface area contributed by atoms with Crippen molar-refractivity contribution >= 4 is 28.7 Å². The van der Waals surface area contributed by atoms with Gasteiger partial charge < -0.3 is 25.4 Å². The number of pyridine rings is 1. The topological polar surface area (TPSA) is 110 Å². The fourth-order valence-corrected chi connectivity index (χ4v) is 4.07. The van der Waals surface area contributed by atoms with Crippen LogP contribution in [-0.2, 0) is 22.6 Å². The number of urea groups is 1. The predicted octanol–water partition coefficient (Wildman–Crippen LogP) is 2.05. The van der Waals surface area contributed by atoms with Gasteiger partial charge in [0.2, 0.25) is 11.8 Å². The van der Waals surface area contributed by atoms with Crippen molar-refractivity contribution in [2.45, 2.75) is 32.4 Å². The highest BCUT2D eigenvalue weighted by Gasteiger charge is 2.26. The highest BCUT2D eigenvalue weighted by molar-refractivity contribution is 5.87. The van der Waals surface area contributed by atoms with Gasteiger partial charge in [0.15, 0.2) is 0 Å². The summed E-state index contributed by atoms with van der Waals surface area (Å²) in [6.45, 7) is 3.80. The summed E-state index contributed by atoms with van der Waals surface area (Å²) >= 11 is 0. The van der Waals surface area contributed by atoms with Crippen molar-refractivity contribution in [3.05, 3.63) is 66.1 Å². The first-order valence-electron chi connectivity index (χ1n) is 11.6. The number of carbonyl (C=O) groups is 3. The van der Waals surface area contributed by atoms with Crippen LogP contribution in [0.1, 0.15) is 24.6 Å². The van der Waals surface area contributed by atoms with Crippen LogP contribution in [0.2, 0.25) is 0 Å². The number of nitrogens with one attached hydrogen (secondary N) is 3. The molecule has 9 heteroatoms. The third kappa shape index (κ3) is 5.72. The monoisotopic (exact) mass is 462 g/mol. The Morgan fingerprint density at radius 3 is 2.53 bits per heavy atom. The first-order valence-corrected chi connectivity index (χ1v) is 11.6. The number of aryl methyl sites for hydroxylation is 1. The second-order valence-corrected chi connectivity index (χ2v) is 8.44. The molecule has 1 aliphatic rings. The summed E-state index contributed by atoms with van der Waals surface area (Å²) in [6.07, 6.45) is 4.74. The second-order valence-electron chi connectivity index (χ2n) is 8.44. The Labute approximate surface area is 198 Å². The Morgan fingerprint density at radius 1 is 1.03 bits per heavy atom. The lowest BCUT2D eigenvalue weighted by molar-refractivity contribution is -0.132. The van der Waals surface area contributed by atoms with E-state index in [2.05, 4.69) is 26.7 Å². The maximum absolute atomic E-state index is 12.7. The number of nitrogens with zero attached hydrogens (tertiary/aromatic N) is 3. The highest BCUT2D eigenvalue weighted by atomic mass is 16.2. The SMILES string of the molecule is C[C@@H](NC(=O)N1CCN(C(=O)CCc2c[nH]c3ccccc23)CC1)C(=O)NCc1ccccn1. The molecule has 1 saturated heterocycles. The molecular weight excluding hydrogens is 432 g/mol. The Balaban J connectivity index is 1.18. The van der Waals surface area contributed by atoms with Gasteiger partial charge in [-0.1, -0.05) is 24.3 Å². The van der Waals surface area contributed by atoms with E-state index in [0.29, 0.717) is 45.6 Å². The summed E-state index contributed by atoms with van der Waals surface area (Å²) in [5, 5.41) is 6.66. The third-order valence-corrected chi connectivity index (χ3v) is 6.11. The first kappa shape index (κ1) is 23.3. The molecule has 9 nitrogen and oxygen atoms in total. The number of fused-ring (bicyclic) bond motifs is 1. The zero-order chi connectivity index (χ0) is 23.9. The summed E-state index contributed by atoms with van der Waals surface area (Å²) in [7, 11) is 0. The summed E-state index contributed by atoms with van der Waals surface area (Å²) < 4.78 is 0. The molecule has 0 spiro atoms. The maximum Gasteiger partial charge on any atom is 0.318 e. The average molecular weight is 463 g/mol. The maximum atomic E-state index is 12.7. The van der Waals surface area contributed by atoms with Crippen LogP contribution in [0.3, 0.4) is 0 Å². The summed E-state index contributed by atoms with van der Waals surface area (Å²) in [6, 6.07) is 12.6. The number of aromatic nitrogens is 2. The van der Waals surface area contributed by atoms with Crippen LogP contribution in [0.5, 0.6) is 0 Å². The molecule has 1 atom stereocenters. The number of para-hydroxylation sites is 1. The standard InChI is InChI=1S/C25H30N6O3/c1-18(24(33)28-17-20-6-4-5-11-26-20)29-25(34)31-14-12-30(13-15-31)23(32)10-9-19-16-27-22-8-3-2-7-21(19)22/h2-8,11,16,18,27H,9-10,12-15,17H2,1H3,(H,28,33)(H,29,34)/t18-/m1/s1. The molecule has 1 aromatic carbocycles. The van der Waals surface area contributed by atoms with E-state index in [0.717, 1.165) is 22.2 Å². The zero-order valence-corrected chi connectivity index (χ0v) is 19.3. The van der Waals surface area contributed by atoms with Gasteiger partial charge in [-0.05, 0) is 37.1 Å². The number of aromatic amines is 1. The molecule has 3 heterocycles. The van der Waals surface area contributed by atoms with Crippen molar-refractivity contribution in [3.8, 4) is 0 Å². The molecule has 0 saturated carbocycles. The molecule has 0 aliphatic carbocycles. The lowest BCUT2D eigenvalue weighted by Gasteiger charge is -2.35. The molecule has 0 bridgehead atoms. The molecule has 34 heavy (non-hydrogen) atoms. The Hall–Kier alpha value is -3.88. The van der Waals surface area contributed by atoms with Crippen LogP contribution in [0, 0.1) is 0 Å². The summed E-state index contributed by atoms with van der Waals surface area (Å²) in [5.41, 5.74) is 2.96. The van der Waals surface area contributed by atoms with E-state index in [9.17, 15) is 14.4 Å². The fourth-order valence-electron chi connectivity index (χ4n) is 4.07. The first-order chi connectivity index (χ1) is 16.5. The Bertz CT molecular complexity index is 1140. The normalized spacial score (nSPS) is 14.6. The van der Waals surface area contributed by atoms with Crippen molar-refractivity contribution in [3.63, 3.8) is 0 Å². The van der Waals surface area contributed by atoms with E-state index < -0.39 is 6.04 Å². The smallest absolute Gasteiger partial charge is 0.318 e.